The zero-order valence-corrected chi connectivity index (χ0v) is 10.1. The van der Waals surface area contributed by atoms with Crippen molar-refractivity contribution in [1.82, 2.24) is 14.5 Å². The molecule has 0 saturated carbocycles. The SMILES string of the molecule is Cn1c([C@H](N)c2ccccn2)nc2ccccc21. The summed E-state index contributed by atoms with van der Waals surface area (Å²) >= 11 is 0. The normalized spacial score (nSPS) is 12.8. The van der Waals surface area contributed by atoms with Crippen LogP contribution in [0.1, 0.15) is 17.6 Å². The van der Waals surface area contributed by atoms with E-state index in [0.717, 1.165) is 22.6 Å². The number of aryl methyl sites for hydroxylation is 1. The first-order chi connectivity index (χ1) is 8.77. The zero-order chi connectivity index (χ0) is 12.5. The number of fused-ring (bicyclic) bond motifs is 1. The lowest BCUT2D eigenvalue weighted by Gasteiger charge is -2.10. The summed E-state index contributed by atoms with van der Waals surface area (Å²) in [4.78, 5) is 8.87. The van der Waals surface area contributed by atoms with Crippen LogP contribution in [-0.2, 0) is 7.05 Å². The topological polar surface area (TPSA) is 56.7 Å². The number of imidazole rings is 1. The Bertz CT molecular complexity index is 673. The molecule has 1 aromatic carbocycles. The van der Waals surface area contributed by atoms with Crippen molar-refractivity contribution < 1.29 is 0 Å². The van der Waals surface area contributed by atoms with E-state index in [9.17, 15) is 0 Å². The number of rotatable bonds is 2. The summed E-state index contributed by atoms with van der Waals surface area (Å²) in [5, 5.41) is 0. The Morgan fingerprint density at radius 1 is 1.11 bits per heavy atom. The van der Waals surface area contributed by atoms with Crippen molar-refractivity contribution in [2.45, 2.75) is 6.04 Å². The largest absolute Gasteiger partial charge is 0.329 e. The third-order valence-corrected chi connectivity index (χ3v) is 3.11. The van der Waals surface area contributed by atoms with Gasteiger partial charge < -0.3 is 10.3 Å². The molecule has 4 heteroatoms. The number of hydrogen-bond acceptors (Lipinski definition) is 3. The zero-order valence-electron chi connectivity index (χ0n) is 10.1. The van der Waals surface area contributed by atoms with Gasteiger partial charge in [0.05, 0.1) is 16.7 Å². The van der Waals surface area contributed by atoms with Crippen molar-refractivity contribution in [1.29, 1.82) is 0 Å². The van der Waals surface area contributed by atoms with E-state index in [2.05, 4.69) is 9.97 Å². The fourth-order valence-corrected chi connectivity index (χ4v) is 2.13. The molecule has 0 bridgehead atoms. The molecule has 0 amide bonds. The molecular formula is C14H14N4. The first-order valence-corrected chi connectivity index (χ1v) is 5.85. The third kappa shape index (κ3) is 1.67. The Morgan fingerprint density at radius 3 is 2.61 bits per heavy atom. The minimum absolute atomic E-state index is 0.302. The molecule has 0 unspecified atom stereocenters. The van der Waals surface area contributed by atoms with Gasteiger partial charge in [-0.3, -0.25) is 4.98 Å². The number of benzene rings is 1. The molecule has 1 atom stereocenters. The minimum Gasteiger partial charge on any atom is -0.329 e. The summed E-state index contributed by atoms with van der Waals surface area (Å²) in [6.07, 6.45) is 1.75. The second-order valence-corrected chi connectivity index (χ2v) is 4.25. The molecule has 0 aliphatic rings. The monoisotopic (exact) mass is 238 g/mol. The van der Waals surface area contributed by atoms with E-state index >= 15 is 0 Å². The maximum absolute atomic E-state index is 6.24. The van der Waals surface area contributed by atoms with Crippen LogP contribution in [-0.4, -0.2) is 14.5 Å². The van der Waals surface area contributed by atoms with Gasteiger partial charge in [-0.1, -0.05) is 18.2 Å². The highest BCUT2D eigenvalue weighted by Gasteiger charge is 2.17. The molecule has 0 aliphatic carbocycles. The van der Waals surface area contributed by atoms with Gasteiger partial charge in [0.2, 0.25) is 0 Å². The Kier molecular flexibility index (Phi) is 2.57. The molecule has 0 spiro atoms. The lowest BCUT2D eigenvalue weighted by Crippen LogP contribution is -2.17. The highest BCUT2D eigenvalue weighted by molar-refractivity contribution is 5.76. The maximum Gasteiger partial charge on any atom is 0.132 e. The summed E-state index contributed by atoms with van der Waals surface area (Å²) in [5.74, 6) is 0.829. The number of aromatic nitrogens is 3. The van der Waals surface area contributed by atoms with Crippen LogP contribution in [0.3, 0.4) is 0 Å². The predicted octanol–water partition coefficient (Wildman–Crippen LogP) is 2.02. The average Bonchev–Trinajstić information content (AvgIpc) is 2.77. The summed E-state index contributed by atoms with van der Waals surface area (Å²) in [7, 11) is 1.98. The molecule has 0 aliphatic heterocycles. The van der Waals surface area contributed by atoms with Gasteiger partial charge in [0, 0.05) is 13.2 Å². The highest BCUT2D eigenvalue weighted by Crippen LogP contribution is 2.21. The summed E-state index contributed by atoms with van der Waals surface area (Å²) < 4.78 is 2.02. The first kappa shape index (κ1) is 10.9. The smallest absolute Gasteiger partial charge is 0.132 e. The Hall–Kier alpha value is -2.20. The Labute approximate surface area is 105 Å². The van der Waals surface area contributed by atoms with Gasteiger partial charge in [0.25, 0.3) is 0 Å². The van der Waals surface area contributed by atoms with Crippen LogP contribution in [0.25, 0.3) is 11.0 Å². The molecule has 0 fully saturated rings. The summed E-state index contributed by atoms with van der Waals surface area (Å²) in [6, 6.07) is 13.4. The summed E-state index contributed by atoms with van der Waals surface area (Å²) in [5.41, 5.74) is 9.11. The van der Waals surface area contributed by atoms with E-state index in [1.54, 1.807) is 6.20 Å². The molecule has 90 valence electrons. The van der Waals surface area contributed by atoms with Crippen molar-refractivity contribution in [3.8, 4) is 0 Å². The van der Waals surface area contributed by atoms with Crippen molar-refractivity contribution in [3.05, 3.63) is 60.2 Å². The average molecular weight is 238 g/mol. The maximum atomic E-state index is 6.24. The van der Waals surface area contributed by atoms with E-state index in [1.807, 2.05) is 54.1 Å². The second kappa shape index (κ2) is 4.23. The van der Waals surface area contributed by atoms with Crippen LogP contribution in [0, 0.1) is 0 Å². The Morgan fingerprint density at radius 2 is 1.89 bits per heavy atom. The van der Waals surface area contributed by atoms with Gasteiger partial charge in [0.1, 0.15) is 11.9 Å². The lowest BCUT2D eigenvalue weighted by atomic mass is 10.2. The minimum atomic E-state index is -0.302. The van der Waals surface area contributed by atoms with E-state index in [0.29, 0.717) is 0 Å². The van der Waals surface area contributed by atoms with Gasteiger partial charge in [-0.2, -0.15) is 0 Å². The number of pyridine rings is 1. The molecule has 0 saturated heterocycles. The molecule has 18 heavy (non-hydrogen) atoms. The lowest BCUT2D eigenvalue weighted by molar-refractivity contribution is 0.710. The van der Waals surface area contributed by atoms with Crippen molar-refractivity contribution in [2.75, 3.05) is 0 Å². The number of nitrogens with two attached hydrogens (primary N) is 1. The van der Waals surface area contributed by atoms with E-state index < -0.39 is 0 Å². The van der Waals surface area contributed by atoms with Crippen LogP contribution in [0.2, 0.25) is 0 Å². The van der Waals surface area contributed by atoms with Crippen LogP contribution >= 0.6 is 0 Å². The van der Waals surface area contributed by atoms with Crippen molar-refractivity contribution in [3.63, 3.8) is 0 Å². The summed E-state index contributed by atoms with van der Waals surface area (Å²) in [6.45, 7) is 0. The number of para-hydroxylation sites is 2. The van der Waals surface area contributed by atoms with Gasteiger partial charge >= 0.3 is 0 Å². The van der Waals surface area contributed by atoms with Gasteiger partial charge in [-0.05, 0) is 24.3 Å². The van der Waals surface area contributed by atoms with Gasteiger partial charge in [-0.15, -0.1) is 0 Å². The van der Waals surface area contributed by atoms with E-state index in [-0.39, 0.29) is 6.04 Å². The molecule has 0 radical (unpaired) electrons. The number of hydrogen-bond donors (Lipinski definition) is 1. The first-order valence-electron chi connectivity index (χ1n) is 5.85. The van der Waals surface area contributed by atoms with Crippen LogP contribution in [0.5, 0.6) is 0 Å². The molecule has 2 heterocycles. The quantitative estimate of drug-likeness (QED) is 0.743. The Balaban J connectivity index is 2.12. The van der Waals surface area contributed by atoms with Crippen LogP contribution in [0.15, 0.2) is 48.7 Å². The molecule has 4 nitrogen and oxygen atoms in total. The van der Waals surface area contributed by atoms with E-state index in [4.69, 9.17) is 5.73 Å². The van der Waals surface area contributed by atoms with Crippen molar-refractivity contribution in [2.24, 2.45) is 12.8 Å². The van der Waals surface area contributed by atoms with E-state index in [1.165, 1.54) is 0 Å². The second-order valence-electron chi connectivity index (χ2n) is 4.25. The molecule has 2 aromatic heterocycles. The molecule has 2 N–H and O–H groups in total. The number of nitrogens with zero attached hydrogens (tertiary/aromatic N) is 3. The molecule has 3 aromatic rings. The van der Waals surface area contributed by atoms with Crippen LogP contribution < -0.4 is 5.73 Å². The van der Waals surface area contributed by atoms with Gasteiger partial charge in [0.15, 0.2) is 0 Å². The third-order valence-electron chi connectivity index (χ3n) is 3.11. The fraction of sp³-hybridized carbons (Fsp3) is 0.143. The predicted molar refractivity (Wildman–Crippen MR) is 71.0 cm³/mol. The fourth-order valence-electron chi connectivity index (χ4n) is 2.13. The standard InChI is InChI=1S/C14H14N4/c1-18-12-8-3-2-6-10(12)17-14(18)13(15)11-7-4-5-9-16-11/h2-9,13H,15H2,1H3/t13-/m1/s1. The van der Waals surface area contributed by atoms with Gasteiger partial charge in [-0.25, -0.2) is 4.98 Å². The molecular weight excluding hydrogens is 224 g/mol. The highest BCUT2D eigenvalue weighted by atomic mass is 15.1. The van der Waals surface area contributed by atoms with Crippen molar-refractivity contribution >= 4 is 11.0 Å². The van der Waals surface area contributed by atoms with Crippen LogP contribution in [0.4, 0.5) is 0 Å². The molecule has 3 rings (SSSR count).